The highest BCUT2D eigenvalue weighted by molar-refractivity contribution is 7.14. The number of rotatable bonds is 3. The molecule has 1 saturated heterocycles. The first-order valence-corrected chi connectivity index (χ1v) is 7.24. The summed E-state index contributed by atoms with van der Waals surface area (Å²) in [6.45, 7) is 0.636. The van der Waals surface area contributed by atoms with Gasteiger partial charge in [0.05, 0.1) is 5.69 Å². The van der Waals surface area contributed by atoms with E-state index >= 15 is 0 Å². The van der Waals surface area contributed by atoms with Crippen LogP contribution in [0.3, 0.4) is 0 Å². The van der Waals surface area contributed by atoms with E-state index in [0.29, 0.717) is 11.7 Å². The van der Waals surface area contributed by atoms with Crippen molar-refractivity contribution in [1.82, 2.24) is 4.98 Å². The van der Waals surface area contributed by atoms with Crippen molar-refractivity contribution < 1.29 is 13.9 Å². The molecule has 1 atom stereocenters. The Morgan fingerprint density at radius 2 is 2.20 bits per heavy atom. The summed E-state index contributed by atoms with van der Waals surface area (Å²) in [4.78, 5) is 16.2. The van der Waals surface area contributed by atoms with Crippen LogP contribution in [-0.2, 0) is 9.53 Å². The molecular weight excluding hydrogens is 279 g/mol. The zero-order valence-electron chi connectivity index (χ0n) is 10.6. The SMILES string of the molecule is O=C(Nc1nc(-c2ccc(F)cc2)cs1)[C@@H]1CCCO1. The van der Waals surface area contributed by atoms with Gasteiger partial charge in [-0.1, -0.05) is 0 Å². The van der Waals surface area contributed by atoms with Crippen LogP contribution in [0.5, 0.6) is 0 Å². The molecule has 2 heterocycles. The second-order valence-corrected chi connectivity index (χ2v) is 5.39. The lowest BCUT2D eigenvalue weighted by Crippen LogP contribution is -2.26. The summed E-state index contributed by atoms with van der Waals surface area (Å²) in [6, 6.07) is 6.10. The Labute approximate surface area is 119 Å². The summed E-state index contributed by atoms with van der Waals surface area (Å²) in [5, 5.41) is 5.12. The van der Waals surface area contributed by atoms with Crippen LogP contribution in [0.15, 0.2) is 29.6 Å². The first-order valence-electron chi connectivity index (χ1n) is 6.36. The van der Waals surface area contributed by atoms with Gasteiger partial charge >= 0.3 is 0 Å². The van der Waals surface area contributed by atoms with E-state index in [9.17, 15) is 9.18 Å². The first-order chi connectivity index (χ1) is 9.72. The molecule has 0 unspecified atom stereocenters. The Morgan fingerprint density at radius 3 is 2.90 bits per heavy atom. The summed E-state index contributed by atoms with van der Waals surface area (Å²) in [6.07, 6.45) is 1.30. The molecule has 1 aliphatic rings. The molecule has 2 aromatic rings. The summed E-state index contributed by atoms with van der Waals surface area (Å²) < 4.78 is 18.2. The van der Waals surface area contributed by atoms with Crippen molar-refractivity contribution in [3.63, 3.8) is 0 Å². The van der Waals surface area contributed by atoms with Crippen molar-refractivity contribution in [1.29, 1.82) is 0 Å². The number of nitrogens with zero attached hydrogens (tertiary/aromatic N) is 1. The van der Waals surface area contributed by atoms with E-state index in [1.165, 1.54) is 23.5 Å². The van der Waals surface area contributed by atoms with Crippen LogP contribution in [0.2, 0.25) is 0 Å². The van der Waals surface area contributed by atoms with Gasteiger partial charge < -0.3 is 4.74 Å². The molecule has 0 spiro atoms. The van der Waals surface area contributed by atoms with E-state index in [-0.39, 0.29) is 17.8 Å². The predicted octanol–water partition coefficient (Wildman–Crippen LogP) is 3.07. The van der Waals surface area contributed by atoms with Gasteiger partial charge in [0.1, 0.15) is 11.9 Å². The van der Waals surface area contributed by atoms with Crippen LogP contribution in [0.1, 0.15) is 12.8 Å². The van der Waals surface area contributed by atoms with Crippen molar-refractivity contribution in [3.8, 4) is 11.3 Å². The van der Waals surface area contributed by atoms with Gasteiger partial charge in [0.2, 0.25) is 0 Å². The lowest BCUT2D eigenvalue weighted by Gasteiger charge is -2.07. The molecule has 6 heteroatoms. The highest BCUT2D eigenvalue weighted by Crippen LogP contribution is 2.25. The predicted molar refractivity (Wildman–Crippen MR) is 75.1 cm³/mol. The standard InChI is InChI=1S/C14H13FN2O2S/c15-10-5-3-9(4-6-10)11-8-20-14(16-11)17-13(18)12-2-1-7-19-12/h3-6,8,12H,1-2,7H2,(H,16,17,18)/t12-/m0/s1. The minimum atomic E-state index is -0.367. The van der Waals surface area contributed by atoms with Gasteiger partial charge in [-0.3, -0.25) is 10.1 Å². The molecule has 0 aliphatic carbocycles. The third kappa shape index (κ3) is 2.86. The average Bonchev–Trinajstić information content (AvgIpc) is 3.10. The number of nitrogens with one attached hydrogen (secondary N) is 1. The Kier molecular flexibility index (Phi) is 3.75. The summed E-state index contributed by atoms with van der Waals surface area (Å²) in [5.41, 5.74) is 1.54. The van der Waals surface area contributed by atoms with E-state index in [2.05, 4.69) is 10.3 Å². The summed E-state index contributed by atoms with van der Waals surface area (Å²) >= 11 is 1.34. The fourth-order valence-corrected chi connectivity index (χ4v) is 2.78. The molecule has 3 rings (SSSR count). The smallest absolute Gasteiger partial charge is 0.255 e. The maximum atomic E-state index is 12.9. The van der Waals surface area contributed by atoms with Crippen molar-refractivity contribution in [2.75, 3.05) is 11.9 Å². The van der Waals surface area contributed by atoms with Gasteiger partial charge in [-0.25, -0.2) is 9.37 Å². The van der Waals surface area contributed by atoms with Crippen LogP contribution in [-0.4, -0.2) is 23.6 Å². The third-order valence-corrected chi connectivity index (χ3v) is 3.85. The third-order valence-electron chi connectivity index (χ3n) is 3.10. The number of ether oxygens (including phenoxy) is 1. The number of halogens is 1. The average molecular weight is 292 g/mol. The topological polar surface area (TPSA) is 51.2 Å². The molecule has 20 heavy (non-hydrogen) atoms. The molecule has 1 aliphatic heterocycles. The largest absolute Gasteiger partial charge is 0.368 e. The summed E-state index contributed by atoms with van der Waals surface area (Å²) in [5.74, 6) is -0.432. The molecule has 0 radical (unpaired) electrons. The van der Waals surface area contributed by atoms with E-state index in [4.69, 9.17) is 4.74 Å². The number of hydrogen-bond acceptors (Lipinski definition) is 4. The minimum absolute atomic E-state index is 0.150. The normalized spacial score (nSPS) is 18.1. The van der Waals surface area contributed by atoms with E-state index in [0.717, 1.165) is 24.1 Å². The maximum Gasteiger partial charge on any atom is 0.255 e. The molecule has 104 valence electrons. The maximum absolute atomic E-state index is 12.9. The number of aromatic nitrogens is 1. The number of thiazole rings is 1. The van der Waals surface area contributed by atoms with Crippen molar-refractivity contribution in [3.05, 3.63) is 35.5 Å². The van der Waals surface area contributed by atoms with Crippen molar-refractivity contribution >= 4 is 22.4 Å². The second-order valence-electron chi connectivity index (χ2n) is 4.54. The molecule has 1 aromatic heterocycles. The molecule has 4 nitrogen and oxygen atoms in total. The van der Waals surface area contributed by atoms with E-state index in [1.54, 1.807) is 12.1 Å². The summed E-state index contributed by atoms with van der Waals surface area (Å²) in [7, 11) is 0. The fourth-order valence-electron chi connectivity index (χ4n) is 2.05. The molecule has 1 fully saturated rings. The van der Waals surface area contributed by atoms with Crippen LogP contribution >= 0.6 is 11.3 Å². The van der Waals surface area contributed by atoms with Gasteiger partial charge in [0.25, 0.3) is 5.91 Å². The monoisotopic (exact) mass is 292 g/mol. The molecule has 1 N–H and O–H groups in total. The number of carbonyl (C=O) groups excluding carboxylic acids is 1. The zero-order valence-corrected chi connectivity index (χ0v) is 11.5. The lowest BCUT2D eigenvalue weighted by atomic mass is 10.2. The Hall–Kier alpha value is -1.79. The molecule has 0 bridgehead atoms. The zero-order chi connectivity index (χ0) is 13.9. The Bertz CT molecular complexity index is 606. The quantitative estimate of drug-likeness (QED) is 0.946. The van der Waals surface area contributed by atoms with E-state index in [1.807, 2.05) is 5.38 Å². The van der Waals surface area contributed by atoms with Crippen molar-refractivity contribution in [2.24, 2.45) is 0 Å². The lowest BCUT2D eigenvalue weighted by molar-refractivity contribution is -0.124. The van der Waals surface area contributed by atoms with Gasteiger partial charge in [-0.2, -0.15) is 0 Å². The van der Waals surface area contributed by atoms with Crippen LogP contribution in [0, 0.1) is 5.82 Å². The molecule has 1 amide bonds. The van der Waals surface area contributed by atoms with Gasteiger partial charge in [-0.15, -0.1) is 11.3 Å². The Balaban J connectivity index is 1.70. The molecular formula is C14H13FN2O2S. The number of amides is 1. The van der Waals surface area contributed by atoms with Crippen LogP contribution < -0.4 is 5.32 Å². The second kappa shape index (κ2) is 5.68. The Morgan fingerprint density at radius 1 is 1.40 bits per heavy atom. The number of hydrogen-bond donors (Lipinski definition) is 1. The molecule has 0 saturated carbocycles. The highest BCUT2D eigenvalue weighted by Gasteiger charge is 2.24. The van der Waals surface area contributed by atoms with Gasteiger partial charge in [0, 0.05) is 17.6 Å². The van der Waals surface area contributed by atoms with Crippen LogP contribution in [0.4, 0.5) is 9.52 Å². The number of anilines is 1. The van der Waals surface area contributed by atoms with Gasteiger partial charge in [-0.05, 0) is 37.1 Å². The fraction of sp³-hybridized carbons (Fsp3) is 0.286. The number of benzene rings is 1. The number of carbonyl (C=O) groups is 1. The van der Waals surface area contributed by atoms with Crippen molar-refractivity contribution in [2.45, 2.75) is 18.9 Å². The van der Waals surface area contributed by atoms with Gasteiger partial charge in [0.15, 0.2) is 5.13 Å². The first kappa shape index (κ1) is 13.2. The molecule has 1 aromatic carbocycles. The van der Waals surface area contributed by atoms with E-state index < -0.39 is 0 Å². The van der Waals surface area contributed by atoms with Crippen LogP contribution in [0.25, 0.3) is 11.3 Å². The highest BCUT2D eigenvalue weighted by atomic mass is 32.1. The minimum Gasteiger partial charge on any atom is -0.368 e.